The number of amides is 1. The van der Waals surface area contributed by atoms with Gasteiger partial charge in [-0.2, -0.15) is 13.1 Å². The van der Waals surface area contributed by atoms with E-state index in [4.69, 9.17) is 5.14 Å². The van der Waals surface area contributed by atoms with Gasteiger partial charge in [-0.15, -0.1) is 0 Å². The van der Waals surface area contributed by atoms with Gasteiger partial charge < -0.3 is 10.2 Å². The minimum atomic E-state index is -3.62. The van der Waals surface area contributed by atoms with E-state index < -0.39 is 10.2 Å². The van der Waals surface area contributed by atoms with Crippen molar-refractivity contribution in [2.24, 2.45) is 10.6 Å². The van der Waals surface area contributed by atoms with E-state index in [-0.39, 0.29) is 17.4 Å². The maximum Gasteiger partial charge on any atom is 0.274 e. The number of hydrogen-bond acceptors (Lipinski definition) is 6. The number of nitrogens with zero attached hydrogens (tertiary/aromatic N) is 3. The molecule has 9 nitrogen and oxygen atoms in total. The number of anilines is 2. The van der Waals surface area contributed by atoms with Crippen molar-refractivity contribution >= 4 is 27.8 Å². The van der Waals surface area contributed by atoms with Crippen molar-refractivity contribution in [3.63, 3.8) is 0 Å². The van der Waals surface area contributed by atoms with Crippen LogP contribution in [-0.2, 0) is 21.4 Å². The lowest BCUT2D eigenvalue weighted by Gasteiger charge is -2.52. The Kier molecular flexibility index (Phi) is 3.52. The largest absolute Gasteiger partial charge is 0.356 e. The smallest absolute Gasteiger partial charge is 0.274 e. The van der Waals surface area contributed by atoms with Crippen LogP contribution in [0.2, 0.25) is 0 Å². The summed E-state index contributed by atoms with van der Waals surface area (Å²) >= 11 is 0. The molecule has 4 rings (SSSR count). The Bertz CT molecular complexity index is 780. The van der Waals surface area contributed by atoms with Gasteiger partial charge >= 0.3 is 0 Å². The second-order valence-electron chi connectivity index (χ2n) is 7.00. The summed E-state index contributed by atoms with van der Waals surface area (Å²) in [7, 11) is -3.62. The molecule has 1 aliphatic carbocycles. The van der Waals surface area contributed by atoms with Gasteiger partial charge in [0.1, 0.15) is 18.0 Å². The molecular formula is C14H20N6O3S. The van der Waals surface area contributed by atoms with Crippen LogP contribution in [0.1, 0.15) is 31.2 Å². The number of piperidine rings is 1. The Labute approximate surface area is 140 Å². The van der Waals surface area contributed by atoms with Gasteiger partial charge in [-0.1, -0.05) is 0 Å². The number of carbonyl (C=O) groups is 1. The van der Waals surface area contributed by atoms with Gasteiger partial charge in [0, 0.05) is 24.7 Å². The van der Waals surface area contributed by atoms with Crippen molar-refractivity contribution in [3.8, 4) is 0 Å². The van der Waals surface area contributed by atoms with Crippen molar-refractivity contribution < 1.29 is 13.2 Å². The van der Waals surface area contributed by atoms with Crippen molar-refractivity contribution in [2.75, 3.05) is 23.3 Å². The zero-order valence-corrected chi connectivity index (χ0v) is 14.0. The SMILES string of the molecule is NS(=O)(=O)NC1CC2(CCN(c3ncnc4c3CC(=O)N4)CC2)C1. The van der Waals surface area contributed by atoms with Crippen LogP contribution in [0.15, 0.2) is 6.33 Å². The standard InChI is InChI=1S/C14H20N6O3S/c15-24(22,23)19-9-6-14(7-9)1-3-20(4-2-14)13-10-5-11(21)18-12(10)16-8-17-13/h8-9,19H,1-7H2,(H2,15,22,23)(H,16,17,18,21). The highest BCUT2D eigenvalue weighted by atomic mass is 32.2. The van der Waals surface area contributed by atoms with E-state index in [1.165, 1.54) is 6.33 Å². The number of aromatic nitrogens is 2. The molecule has 3 aliphatic rings. The van der Waals surface area contributed by atoms with Crippen molar-refractivity contribution in [2.45, 2.75) is 38.1 Å². The summed E-state index contributed by atoms with van der Waals surface area (Å²) in [6.45, 7) is 1.69. The third-order valence-electron chi connectivity index (χ3n) is 5.33. The summed E-state index contributed by atoms with van der Waals surface area (Å²) in [6.07, 6.45) is 5.44. The van der Waals surface area contributed by atoms with Gasteiger partial charge in [0.15, 0.2) is 0 Å². The first kappa shape index (κ1) is 15.7. The summed E-state index contributed by atoms with van der Waals surface area (Å²) < 4.78 is 24.7. The van der Waals surface area contributed by atoms with E-state index in [0.717, 1.165) is 50.2 Å². The highest BCUT2D eigenvalue weighted by molar-refractivity contribution is 7.87. The molecule has 0 bridgehead atoms. The number of carbonyl (C=O) groups excluding carboxylic acids is 1. The minimum Gasteiger partial charge on any atom is -0.356 e. The lowest BCUT2D eigenvalue weighted by molar-refractivity contribution is -0.115. The predicted octanol–water partition coefficient (Wildman–Crippen LogP) is -0.487. The van der Waals surface area contributed by atoms with E-state index >= 15 is 0 Å². The van der Waals surface area contributed by atoms with E-state index in [1.807, 2.05) is 0 Å². The summed E-state index contributed by atoms with van der Waals surface area (Å²) in [4.78, 5) is 22.3. The van der Waals surface area contributed by atoms with Crippen LogP contribution in [0.4, 0.5) is 11.6 Å². The van der Waals surface area contributed by atoms with Crippen LogP contribution < -0.4 is 20.1 Å². The van der Waals surface area contributed by atoms with Crippen LogP contribution in [0.5, 0.6) is 0 Å². The molecule has 1 saturated carbocycles. The average Bonchev–Trinajstić information content (AvgIpc) is 2.85. The van der Waals surface area contributed by atoms with Gasteiger partial charge in [-0.25, -0.2) is 15.1 Å². The molecule has 10 heteroatoms. The molecule has 3 heterocycles. The van der Waals surface area contributed by atoms with Crippen molar-refractivity contribution in [1.29, 1.82) is 0 Å². The maximum absolute atomic E-state index is 11.6. The summed E-state index contributed by atoms with van der Waals surface area (Å²) in [5.74, 6) is 1.41. The molecule has 24 heavy (non-hydrogen) atoms. The second kappa shape index (κ2) is 5.36. The Balaban J connectivity index is 1.40. The topological polar surface area (TPSA) is 130 Å². The molecule has 2 aliphatic heterocycles. The highest BCUT2D eigenvalue weighted by Crippen LogP contribution is 2.49. The molecule has 0 atom stereocenters. The molecule has 130 valence electrons. The van der Waals surface area contributed by atoms with Gasteiger partial charge in [0.25, 0.3) is 10.2 Å². The maximum atomic E-state index is 11.6. The monoisotopic (exact) mass is 352 g/mol. The fourth-order valence-corrected chi connectivity index (χ4v) is 4.82. The van der Waals surface area contributed by atoms with Crippen LogP contribution in [0.3, 0.4) is 0 Å². The number of fused-ring (bicyclic) bond motifs is 1. The minimum absolute atomic E-state index is 0.0448. The lowest BCUT2D eigenvalue weighted by Crippen LogP contribution is -2.56. The zero-order chi connectivity index (χ0) is 16.9. The van der Waals surface area contributed by atoms with E-state index in [9.17, 15) is 13.2 Å². The van der Waals surface area contributed by atoms with E-state index in [0.29, 0.717) is 12.2 Å². The Hall–Kier alpha value is -1.78. The number of nitrogens with two attached hydrogens (primary N) is 1. The third kappa shape index (κ3) is 2.85. The Morgan fingerprint density at radius 1 is 1.29 bits per heavy atom. The van der Waals surface area contributed by atoms with Crippen LogP contribution in [0, 0.1) is 5.41 Å². The third-order valence-corrected chi connectivity index (χ3v) is 5.99. The Morgan fingerprint density at radius 3 is 2.67 bits per heavy atom. The lowest BCUT2D eigenvalue weighted by atomic mass is 9.60. The molecule has 0 unspecified atom stereocenters. The fourth-order valence-electron chi connectivity index (χ4n) is 4.19. The highest BCUT2D eigenvalue weighted by Gasteiger charge is 2.47. The normalized spacial score (nSPS) is 23.0. The predicted molar refractivity (Wildman–Crippen MR) is 87.5 cm³/mol. The van der Waals surface area contributed by atoms with Crippen LogP contribution in [0.25, 0.3) is 0 Å². The molecular weight excluding hydrogens is 332 g/mol. The van der Waals surface area contributed by atoms with Gasteiger partial charge in [-0.05, 0) is 31.1 Å². The fraction of sp³-hybridized carbons (Fsp3) is 0.643. The number of hydrogen-bond donors (Lipinski definition) is 3. The molecule has 2 fully saturated rings. The molecule has 1 spiro atoms. The van der Waals surface area contributed by atoms with E-state index in [2.05, 4.69) is 24.9 Å². The van der Waals surface area contributed by atoms with Gasteiger partial charge in [0.05, 0.1) is 6.42 Å². The number of nitrogens with one attached hydrogen (secondary N) is 2. The second-order valence-corrected chi connectivity index (χ2v) is 8.33. The molecule has 1 aromatic heterocycles. The van der Waals surface area contributed by atoms with Gasteiger partial charge in [0.2, 0.25) is 5.91 Å². The van der Waals surface area contributed by atoms with Crippen molar-refractivity contribution in [1.82, 2.24) is 14.7 Å². The van der Waals surface area contributed by atoms with Gasteiger partial charge in [-0.3, -0.25) is 4.79 Å². The molecule has 0 radical (unpaired) electrons. The van der Waals surface area contributed by atoms with Crippen LogP contribution >= 0.6 is 0 Å². The van der Waals surface area contributed by atoms with E-state index in [1.54, 1.807) is 0 Å². The molecule has 1 aromatic rings. The Morgan fingerprint density at radius 2 is 2.00 bits per heavy atom. The van der Waals surface area contributed by atoms with Crippen LogP contribution in [-0.4, -0.2) is 43.4 Å². The zero-order valence-electron chi connectivity index (χ0n) is 13.2. The molecule has 0 aromatic carbocycles. The summed E-state index contributed by atoms with van der Waals surface area (Å²) in [6, 6.07) is -0.0448. The average molecular weight is 352 g/mol. The first-order chi connectivity index (χ1) is 11.3. The molecule has 1 saturated heterocycles. The summed E-state index contributed by atoms with van der Waals surface area (Å²) in [5.41, 5.74) is 1.07. The quantitative estimate of drug-likeness (QED) is 0.673. The number of rotatable bonds is 3. The van der Waals surface area contributed by atoms with Crippen molar-refractivity contribution in [3.05, 3.63) is 11.9 Å². The molecule has 1 amide bonds. The first-order valence-corrected chi connectivity index (χ1v) is 9.57. The first-order valence-electron chi connectivity index (χ1n) is 8.02. The summed E-state index contributed by atoms with van der Waals surface area (Å²) in [5, 5.41) is 7.78. The molecule has 4 N–H and O–H groups in total.